The van der Waals surface area contributed by atoms with Gasteiger partial charge < -0.3 is 19.7 Å². The summed E-state index contributed by atoms with van der Waals surface area (Å²) in [6.45, 7) is 20.9. The van der Waals surface area contributed by atoms with Gasteiger partial charge in [-0.3, -0.25) is 0 Å². The monoisotopic (exact) mass is 600 g/mol. The minimum Gasteiger partial charge on any atom is -0.387 e. The summed E-state index contributed by atoms with van der Waals surface area (Å²) in [5.74, 6) is 0. The number of rotatable bonds is 10. The molecule has 6 atom stereocenters. The Balaban J connectivity index is 1.28. The van der Waals surface area contributed by atoms with E-state index in [9.17, 15) is 10.2 Å². The van der Waals surface area contributed by atoms with Crippen LogP contribution in [0.5, 0.6) is 0 Å². The molecule has 2 N–H and O–H groups in total. The van der Waals surface area contributed by atoms with Crippen molar-refractivity contribution in [1.29, 1.82) is 0 Å². The molecule has 4 fully saturated rings. The Morgan fingerprint density at radius 2 is 0.818 bits per heavy atom. The number of fused-ring (bicyclic) bond motifs is 4. The van der Waals surface area contributed by atoms with Crippen LogP contribution in [0, 0.1) is 10.8 Å². The Morgan fingerprint density at radius 3 is 1.14 bits per heavy atom. The van der Waals surface area contributed by atoms with E-state index in [2.05, 4.69) is 140 Å². The highest BCUT2D eigenvalue weighted by Gasteiger charge is 2.68. The van der Waals surface area contributed by atoms with Gasteiger partial charge in [0.25, 0.3) is 0 Å². The molecular formula is C40H56O4. The Labute approximate surface area is 267 Å². The molecule has 240 valence electrons. The summed E-state index contributed by atoms with van der Waals surface area (Å²) in [4.78, 5) is 0. The molecule has 0 aromatic carbocycles. The lowest BCUT2D eigenvalue weighted by atomic mass is 9.61. The summed E-state index contributed by atoms with van der Waals surface area (Å²) in [5.41, 5.74) is 1.37. The molecule has 4 bridgehead atoms. The minimum atomic E-state index is -0.848. The maximum Gasteiger partial charge on any atom is 0.120 e. The standard InChI is InChI=1S/C40H56O4/c1-29(17-13-19-31(3)21-23-39-35(5,6)25-33(43-39)27-37(39,9)41)15-11-12-16-30(2)18-14-20-32(4)22-24-40-36(7,8)26-34(44-40)28-38(40,10)42/h11-24,33-34,41-42H,25-28H2,1-10H3/b12-11+,17-13-,18-14+,23-21+,24-22+,29-15+,30-16-,31-19+,32-20-. The van der Waals surface area contributed by atoms with Gasteiger partial charge >= 0.3 is 0 Å². The van der Waals surface area contributed by atoms with E-state index < -0.39 is 22.4 Å². The fourth-order valence-corrected chi connectivity index (χ4v) is 8.23. The average molecular weight is 601 g/mol. The molecule has 0 aromatic heterocycles. The summed E-state index contributed by atoms with van der Waals surface area (Å²) >= 11 is 0. The molecule has 6 unspecified atom stereocenters. The van der Waals surface area contributed by atoms with Gasteiger partial charge in [0.05, 0.1) is 23.4 Å². The van der Waals surface area contributed by atoms with E-state index in [0.717, 1.165) is 35.1 Å². The third kappa shape index (κ3) is 6.56. The molecule has 4 saturated heterocycles. The van der Waals surface area contributed by atoms with Crippen LogP contribution in [0.4, 0.5) is 0 Å². The molecule has 0 radical (unpaired) electrons. The normalized spacial score (nSPS) is 39.2. The molecule has 4 nitrogen and oxygen atoms in total. The van der Waals surface area contributed by atoms with Gasteiger partial charge in [0, 0.05) is 23.7 Å². The highest BCUT2D eigenvalue weighted by Crippen LogP contribution is 2.61. The van der Waals surface area contributed by atoms with Gasteiger partial charge in [-0.05, 0) is 66.5 Å². The van der Waals surface area contributed by atoms with Crippen LogP contribution in [0.15, 0.2) is 107 Å². The molecule has 0 aromatic rings. The Morgan fingerprint density at radius 1 is 0.500 bits per heavy atom. The van der Waals surface area contributed by atoms with Crippen LogP contribution in [-0.4, -0.2) is 44.8 Å². The zero-order valence-corrected chi connectivity index (χ0v) is 28.8. The molecule has 4 aliphatic heterocycles. The van der Waals surface area contributed by atoms with Crippen LogP contribution in [-0.2, 0) is 9.47 Å². The lowest BCUT2D eigenvalue weighted by Gasteiger charge is -2.46. The van der Waals surface area contributed by atoms with Crippen LogP contribution in [0.2, 0.25) is 0 Å². The van der Waals surface area contributed by atoms with Crippen molar-refractivity contribution in [1.82, 2.24) is 0 Å². The minimum absolute atomic E-state index is 0.0983. The molecule has 0 spiro atoms. The number of allylic oxidation sites excluding steroid dienone is 16. The van der Waals surface area contributed by atoms with Crippen molar-refractivity contribution in [3.63, 3.8) is 0 Å². The molecule has 0 amide bonds. The second-order valence-corrected chi connectivity index (χ2v) is 15.5. The van der Waals surface area contributed by atoms with Crippen molar-refractivity contribution in [2.75, 3.05) is 0 Å². The average Bonchev–Trinajstić information content (AvgIpc) is 3.50. The van der Waals surface area contributed by atoms with Gasteiger partial charge in [0.15, 0.2) is 0 Å². The number of ether oxygens (including phenoxy) is 2. The second kappa shape index (κ2) is 12.4. The van der Waals surface area contributed by atoms with Crippen molar-refractivity contribution in [3.05, 3.63) is 107 Å². The van der Waals surface area contributed by atoms with E-state index in [1.54, 1.807) is 0 Å². The first-order valence-electron chi connectivity index (χ1n) is 16.3. The Kier molecular flexibility index (Phi) is 9.66. The molecule has 0 aliphatic carbocycles. The van der Waals surface area contributed by atoms with Gasteiger partial charge in [-0.15, -0.1) is 0 Å². The summed E-state index contributed by atoms with van der Waals surface area (Å²) < 4.78 is 12.6. The van der Waals surface area contributed by atoms with Crippen molar-refractivity contribution in [3.8, 4) is 0 Å². The predicted molar refractivity (Wildman–Crippen MR) is 183 cm³/mol. The molecule has 4 heteroatoms. The molecular weight excluding hydrogens is 544 g/mol. The van der Waals surface area contributed by atoms with Crippen LogP contribution < -0.4 is 0 Å². The molecule has 0 saturated carbocycles. The highest BCUT2D eigenvalue weighted by molar-refractivity contribution is 5.35. The van der Waals surface area contributed by atoms with E-state index in [1.807, 2.05) is 13.8 Å². The second-order valence-electron chi connectivity index (χ2n) is 15.5. The number of hydrogen-bond acceptors (Lipinski definition) is 4. The largest absolute Gasteiger partial charge is 0.387 e. The van der Waals surface area contributed by atoms with Crippen molar-refractivity contribution < 1.29 is 19.7 Å². The van der Waals surface area contributed by atoms with Crippen molar-refractivity contribution in [2.45, 2.75) is 130 Å². The topological polar surface area (TPSA) is 58.9 Å². The zero-order chi connectivity index (χ0) is 32.6. The van der Waals surface area contributed by atoms with Crippen LogP contribution in [0.25, 0.3) is 0 Å². The summed E-state index contributed by atoms with van der Waals surface area (Å²) in [6, 6.07) is 0. The van der Waals surface area contributed by atoms with Gasteiger partial charge in [-0.1, -0.05) is 123 Å². The van der Waals surface area contributed by atoms with Crippen LogP contribution >= 0.6 is 0 Å². The van der Waals surface area contributed by atoms with E-state index in [0.29, 0.717) is 12.8 Å². The summed E-state index contributed by atoms with van der Waals surface area (Å²) in [5, 5.41) is 22.2. The Bertz CT molecular complexity index is 1230. The van der Waals surface area contributed by atoms with Gasteiger partial charge in [0.1, 0.15) is 11.2 Å². The quantitative estimate of drug-likeness (QED) is 0.246. The third-order valence-corrected chi connectivity index (χ3v) is 10.5. The van der Waals surface area contributed by atoms with Gasteiger partial charge in [0.2, 0.25) is 0 Å². The molecule has 4 rings (SSSR count). The highest BCUT2D eigenvalue weighted by atomic mass is 16.6. The van der Waals surface area contributed by atoms with E-state index >= 15 is 0 Å². The predicted octanol–water partition coefficient (Wildman–Crippen LogP) is 8.97. The fraction of sp³-hybridized carbons (Fsp3) is 0.550. The molecule has 4 heterocycles. The lowest BCUT2D eigenvalue weighted by molar-refractivity contribution is -0.115. The maximum atomic E-state index is 11.1. The lowest BCUT2D eigenvalue weighted by Crippen LogP contribution is -2.56. The van der Waals surface area contributed by atoms with Crippen LogP contribution in [0.1, 0.15) is 94.9 Å². The first-order valence-corrected chi connectivity index (χ1v) is 16.3. The smallest absolute Gasteiger partial charge is 0.120 e. The van der Waals surface area contributed by atoms with E-state index in [4.69, 9.17) is 9.47 Å². The molecule has 4 aliphatic rings. The maximum absolute atomic E-state index is 11.1. The van der Waals surface area contributed by atoms with E-state index in [1.165, 1.54) is 0 Å². The third-order valence-electron chi connectivity index (χ3n) is 10.5. The van der Waals surface area contributed by atoms with Crippen molar-refractivity contribution >= 4 is 0 Å². The number of hydrogen-bond donors (Lipinski definition) is 2. The summed E-state index contributed by atoms with van der Waals surface area (Å²) in [6.07, 6.45) is 32.7. The Hall–Kier alpha value is -2.50. The SMILES string of the molecule is CC(=C/C=C/C=C(C)/C=C\C=C(C)\C=C\C12OC(CC1(C)C)CC2(C)O)/C=C/C=C(C)\C=C\C12OC(CC1(C)C)CC2(C)O. The number of aliphatic hydroxyl groups is 2. The first kappa shape index (κ1) is 34.4. The van der Waals surface area contributed by atoms with Gasteiger partial charge in [-0.25, -0.2) is 0 Å². The first-order chi connectivity index (χ1) is 20.4. The van der Waals surface area contributed by atoms with Crippen LogP contribution in [0.3, 0.4) is 0 Å². The van der Waals surface area contributed by atoms with Crippen molar-refractivity contribution in [2.24, 2.45) is 10.8 Å². The zero-order valence-electron chi connectivity index (χ0n) is 28.8. The summed E-state index contributed by atoms with van der Waals surface area (Å²) in [7, 11) is 0. The fourth-order valence-electron chi connectivity index (χ4n) is 8.23. The van der Waals surface area contributed by atoms with E-state index in [-0.39, 0.29) is 23.0 Å². The molecule has 44 heavy (non-hydrogen) atoms. The van der Waals surface area contributed by atoms with Gasteiger partial charge in [-0.2, -0.15) is 0 Å².